The molecule has 2 rings (SSSR count). The first-order chi connectivity index (χ1) is 12.5. The fourth-order valence-electron chi connectivity index (χ4n) is 2.74. The maximum atomic E-state index is 12.1. The minimum absolute atomic E-state index is 0.0262. The Labute approximate surface area is 150 Å². The van der Waals surface area contributed by atoms with E-state index in [0.717, 1.165) is 5.56 Å². The van der Waals surface area contributed by atoms with E-state index in [2.05, 4.69) is 11.6 Å². The number of nitrogens with two attached hydrogens (primary N) is 1. The number of allylic oxidation sites excluding steroid dienone is 1. The van der Waals surface area contributed by atoms with Crippen molar-refractivity contribution in [3.8, 4) is 34.8 Å². The fourth-order valence-corrected chi connectivity index (χ4v) is 2.74. The van der Waals surface area contributed by atoms with E-state index >= 15 is 0 Å². The van der Waals surface area contributed by atoms with Crippen molar-refractivity contribution < 1.29 is 9.47 Å². The molecule has 0 aliphatic rings. The maximum Gasteiger partial charge on any atom is 0.268 e. The third-order valence-corrected chi connectivity index (χ3v) is 3.76. The van der Waals surface area contributed by atoms with Crippen LogP contribution in [0.3, 0.4) is 0 Å². The molecule has 0 bridgehead atoms. The molecule has 0 saturated heterocycles. The predicted octanol–water partition coefficient (Wildman–Crippen LogP) is 2.50. The largest absolute Gasteiger partial charge is 0.493 e. The number of H-pyrrole nitrogens is 1. The summed E-state index contributed by atoms with van der Waals surface area (Å²) < 4.78 is 11.1. The summed E-state index contributed by atoms with van der Waals surface area (Å²) in [7, 11) is 1.52. The third kappa shape index (κ3) is 3.24. The normalized spacial score (nSPS) is 9.85. The molecule has 3 N–H and O–H groups in total. The molecule has 0 unspecified atom stereocenters. The van der Waals surface area contributed by atoms with Gasteiger partial charge in [0.05, 0.1) is 13.7 Å². The topological polar surface area (TPSA) is 125 Å². The molecule has 0 amide bonds. The summed E-state index contributed by atoms with van der Waals surface area (Å²) in [6, 6.07) is 7.18. The average molecular weight is 350 g/mol. The maximum absolute atomic E-state index is 12.1. The Kier molecular flexibility index (Phi) is 5.67. The zero-order chi connectivity index (χ0) is 19.3. The van der Waals surface area contributed by atoms with Crippen LogP contribution in [-0.4, -0.2) is 18.7 Å². The lowest BCUT2D eigenvalue weighted by atomic mass is 9.94. The Bertz CT molecular complexity index is 994. The lowest BCUT2D eigenvalue weighted by Gasteiger charge is -2.17. The van der Waals surface area contributed by atoms with Crippen molar-refractivity contribution >= 4 is 5.82 Å². The van der Waals surface area contributed by atoms with Crippen LogP contribution >= 0.6 is 0 Å². The van der Waals surface area contributed by atoms with Crippen LogP contribution in [0.2, 0.25) is 0 Å². The number of methoxy groups -OCH3 is 1. The summed E-state index contributed by atoms with van der Waals surface area (Å²) in [4.78, 5) is 14.5. The summed E-state index contributed by atoms with van der Waals surface area (Å²) in [5.41, 5.74) is 6.35. The van der Waals surface area contributed by atoms with Gasteiger partial charge in [-0.25, -0.2) is 0 Å². The number of nitriles is 2. The van der Waals surface area contributed by atoms with Crippen molar-refractivity contribution in [3.05, 3.63) is 51.8 Å². The van der Waals surface area contributed by atoms with Gasteiger partial charge in [0.1, 0.15) is 29.1 Å². The van der Waals surface area contributed by atoms with Gasteiger partial charge in [0.2, 0.25) is 0 Å². The molecule has 1 heterocycles. The highest BCUT2D eigenvalue weighted by Crippen LogP contribution is 2.39. The number of aromatic amines is 1. The molecule has 26 heavy (non-hydrogen) atoms. The summed E-state index contributed by atoms with van der Waals surface area (Å²) in [5.74, 6) is 0.881. The van der Waals surface area contributed by atoms with E-state index < -0.39 is 5.56 Å². The van der Waals surface area contributed by atoms with E-state index in [4.69, 9.17) is 15.2 Å². The lowest BCUT2D eigenvalue weighted by molar-refractivity contribution is 0.309. The highest BCUT2D eigenvalue weighted by atomic mass is 16.5. The van der Waals surface area contributed by atoms with Crippen LogP contribution in [0.5, 0.6) is 11.5 Å². The van der Waals surface area contributed by atoms with E-state index in [9.17, 15) is 15.3 Å². The number of nitrogen functional groups attached to an aromatic ring is 1. The fraction of sp³-hybridized carbons (Fsp3) is 0.211. The van der Waals surface area contributed by atoms with E-state index in [0.29, 0.717) is 30.1 Å². The van der Waals surface area contributed by atoms with Gasteiger partial charge in [-0.1, -0.05) is 6.08 Å². The highest BCUT2D eigenvalue weighted by molar-refractivity contribution is 5.82. The van der Waals surface area contributed by atoms with Crippen molar-refractivity contribution in [2.45, 2.75) is 13.3 Å². The highest BCUT2D eigenvalue weighted by Gasteiger charge is 2.21. The van der Waals surface area contributed by atoms with E-state index in [1.165, 1.54) is 7.11 Å². The number of hydrogen-bond acceptors (Lipinski definition) is 6. The molecule has 7 heteroatoms. The Balaban J connectivity index is 2.93. The summed E-state index contributed by atoms with van der Waals surface area (Å²) in [6.45, 7) is 5.94. The number of hydrogen-bond donors (Lipinski definition) is 2. The third-order valence-electron chi connectivity index (χ3n) is 3.76. The monoisotopic (exact) mass is 350 g/mol. The number of nitrogens with one attached hydrogen (secondary N) is 1. The summed E-state index contributed by atoms with van der Waals surface area (Å²) in [5, 5.41) is 18.9. The summed E-state index contributed by atoms with van der Waals surface area (Å²) in [6.07, 6.45) is 2.17. The smallest absolute Gasteiger partial charge is 0.268 e. The van der Waals surface area contributed by atoms with Crippen LogP contribution in [0.15, 0.2) is 29.6 Å². The Morgan fingerprint density at radius 1 is 1.31 bits per heavy atom. The zero-order valence-electron chi connectivity index (χ0n) is 14.5. The molecule has 0 aliphatic carbocycles. The van der Waals surface area contributed by atoms with E-state index in [-0.39, 0.29) is 22.5 Å². The van der Waals surface area contributed by atoms with E-state index in [1.54, 1.807) is 18.2 Å². The zero-order valence-corrected chi connectivity index (χ0v) is 14.5. The molecular formula is C19H18N4O3. The van der Waals surface area contributed by atoms with Crippen molar-refractivity contribution in [2.75, 3.05) is 19.5 Å². The van der Waals surface area contributed by atoms with Gasteiger partial charge in [-0.15, -0.1) is 6.58 Å². The van der Waals surface area contributed by atoms with Crippen molar-refractivity contribution in [3.63, 3.8) is 0 Å². The van der Waals surface area contributed by atoms with Crippen LogP contribution in [0.4, 0.5) is 5.82 Å². The van der Waals surface area contributed by atoms with Gasteiger partial charge >= 0.3 is 0 Å². The van der Waals surface area contributed by atoms with Gasteiger partial charge in [-0.3, -0.25) is 4.79 Å². The van der Waals surface area contributed by atoms with Crippen LogP contribution < -0.4 is 20.8 Å². The Morgan fingerprint density at radius 2 is 2.00 bits per heavy atom. The molecule has 1 aromatic heterocycles. The summed E-state index contributed by atoms with van der Waals surface area (Å²) >= 11 is 0. The van der Waals surface area contributed by atoms with Crippen LogP contribution in [-0.2, 0) is 6.42 Å². The Morgan fingerprint density at radius 3 is 2.54 bits per heavy atom. The van der Waals surface area contributed by atoms with Gasteiger partial charge in [0.15, 0.2) is 11.5 Å². The van der Waals surface area contributed by atoms with Gasteiger partial charge in [-0.05, 0) is 31.0 Å². The second-order valence-electron chi connectivity index (χ2n) is 5.31. The molecular weight excluding hydrogens is 332 g/mol. The van der Waals surface area contributed by atoms with Crippen molar-refractivity contribution in [1.82, 2.24) is 4.98 Å². The number of benzene rings is 1. The van der Waals surface area contributed by atoms with Crippen molar-refractivity contribution in [1.29, 1.82) is 10.5 Å². The average Bonchev–Trinajstić information content (AvgIpc) is 2.61. The van der Waals surface area contributed by atoms with Gasteiger partial charge in [0.25, 0.3) is 5.56 Å². The molecule has 2 aromatic rings. The van der Waals surface area contributed by atoms with Gasteiger partial charge < -0.3 is 20.2 Å². The number of ether oxygens (including phenoxy) is 2. The minimum Gasteiger partial charge on any atom is -0.493 e. The molecule has 7 nitrogen and oxygen atoms in total. The van der Waals surface area contributed by atoms with Crippen LogP contribution in [0.1, 0.15) is 23.6 Å². The number of aromatic nitrogens is 1. The molecule has 1 aromatic carbocycles. The second kappa shape index (κ2) is 7.91. The molecule has 132 valence electrons. The SMILES string of the molecule is C=CCc1cc(-c2c(C#N)c(N)[nH]c(=O)c2C#N)cc(OCC)c1OC. The molecule has 0 radical (unpaired) electrons. The molecule has 0 saturated carbocycles. The number of pyridine rings is 1. The van der Waals surface area contributed by atoms with Crippen molar-refractivity contribution in [2.24, 2.45) is 0 Å². The standard InChI is InChI=1S/C19H18N4O3/c1-4-6-11-7-12(8-15(26-5-2)17(11)25-3)16-13(9-20)18(22)23-19(24)14(16)10-21/h4,7-8H,1,5-6H2,2-3H3,(H3,22,23,24). The molecule has 0 spiro atoms. The van der Waals surface area contributed by atoms with Gasteiger partial charge in [-0.2, -0.15) is 10.5 Å². The lowest BCUT2D eigenvalue weighted by Crippen LogP contribution is -2.16. The predicted molar refractivity (Wildman–Crippen MR) is 98.0 cm³/mol. The minimum atomic E-state index is -0.655. The quantitative estimate of drug-likeness (QED) is 0.771. The first-order valence-corrected chi connectivity index (χ1v) is 7.83. The molecule has 0 aliphatic heterocycles. The van der Waals surface area contributed by atoms with E-state index in [1.807, 2.05) is 19.1 Å². The first kappa shape index (κ1) is 18.6. The van der Waals surface area contributed by atoms with Gasteiger partial charge in [0, 0.05) is 11.1 Å². The number of anilines is 1. The van der Waals surface area contributed by atoms with Crippen LogP contribution in [0.25, 0.3) is 11.1 Å². The second-order valence-corrected chi connectivity index (χ2v) is 5.31. The van der Waals surface area contributed by atoms with Crippen LogP contribution in [0, 0.1) is 22.7 Å². The number of rotatable bonds is 6. The Hall–Kier alpha value is -3.71. The molecule has 0 fully saturated rings. The number of nitrogens with zero attached hydrogens (tertiary/aromatic N) is 2. The molecule has 0 atom stereocenters. The first-order valence-electron chi connectivity index (χ1n) is 7.83.